The van der Waals surface area contributed by atoms with E-state index in [0.717, 1.165) is 24.6 Å². The molecular weight excluding hydrogens is 366 g/mol. The lowest BCUT2D eigenvalue weighted by atomic mass is 10.1. The van der Waals surface area contributed by atoms with Gasteiger partial charge in [0.25, 0.3) is 5.69 Å². The Kier molecular flexibility index (Phi) is 7.58. The summed E-state index contributed by atoms with van der Waals surface area (Å²) in [6.45, 7) is 7.38. The van der Waals surface area contributed by atoms with Gasteiger partial charge in [0.15, 0.2) is 5.96 Å². The van der Waals surface area contributed by atoms with E-state index in [9.17, 15) is 10.1 Å². The highest BCUT2D eigenvalue weighted by molar-refractivity contribution is 5.79. The molecule has 0 bridgehead atoms. The summed E-state index contributed by atoms with van der Waals surface area (Å²) in [6.07, 6.45) is 2.62. The average molecular weight is 396 g/mol. The Hall–Kier alpha value is -2.93. The molecule has 0 unspecified atom stereocenters. The summed E-state index contributed by atoms with van der Waals surface area (Å²) in [4.78, 5) is 17.5. The molecule has 1 fully saturated rings. The van der Waals surface area contributed by atoms with Crippen molar-refractivity contribution in [2.24, 2.45) is 4.99 Å². The summed E-state index contributed by atoms with van der Waals surface area (Å²) < 4.78 is 0. The zero-order valence-electron chi connectivity index (χ0n) is 16.9. The number of benzene rings is 2. The van der Waals surface area contributed by atoms with Gasteiger partial charge < -0.3 is 10.6 Å². The molecule has 2 aromatic rings. The molecule has 0 aliphatic carbocycles. The summed E-state index contributed by atoms with van der Waals surface area (Å²) in [6, 6.07) is 15.2. The van der Waals surface area contributed by atoms with Crippen LogP contribution in [0.4, 0.5) is 5.69 Å². The van der Waals surface area contributed by atoms with Crippen molar-refractivity contribution >= 4 is 11.6 Å². The summed E-state index contributed by atoms with van der Waals surface area (Å²) in [5.74, 6) is 0.729. The molecule has 0 atom stereocenters. The van der Waals surface area contributed by atoms with Crippen LogP contribution in [0.3, 0.4) is 0 Å². The average Bonchev–Trinajstić information content (AvgIpc) is 3.24. The summed E-state index contributed by atoms with van der Waals surface area (Å²) in [7, 11) is 0. The monoisotopic (exact) mass is 395 g/mol. The minimum absolute atomic E-state index is 0.0995. The number of guanidine groups is 1. The maximum atomic E-state index is 10.7. The third-order valence-corrected chi connectivity index (χ3v) is 5.00. The number of hydrogen-bond acceptors (Lipinski definition) is 4. The molecule has 2 aromatic carbocycles. The first-order valence-corrected chi connectivity index (χ1v) is 10.2. The van der Waals surface area contributed by atoms with Gasteiger partial charge in [0, 0.05) is 31.8 Å². The van der Waals surface area contributed by atoms with Crippen molar-refractivity contribution in [3.8, 4) is 0 Å². The topological polar surface area (TPSA) is 82.8 Å². The molecule has 0 aromatic heterocycles. The normalized spacial score (nSPS) is 14.7. The third kappa shape index (κ3) is 6.57. The molecule has 0 amide bonds. The van der Waals surface area contributed by atoms with Crippen LogP contribution in [0.1, 0.15) is 36.5 Å². The van der Waals surface area contributed by atoms with Gasteiger partial charge in [-0.25, -0.2) is 4.99 Å². The van der Waals surface area contributed by atoms with Crippen LogP contribution < -0.4 is 10.6 Å². The Labute approximate surface area is 172 Å². The lowest BCUT2D eigenvalue weighted by Gasteiger charge is -2.14. The van der Waals surface area contributed by atoms with Crippen LogP contribution in [0, 0.1) is 10.1 Å². The van der Waals surface area contributed by atoms with Gasteiger partial charge in [0.05, 0.1) is 11.5 Å². The zero-order chi connectivity index (χ0) is 20.5. The molecule has 1 aliphatic rings. The Morgan fingerprint density at radius 1 is 1.00 bits per heavy atom. The number of nitro benzene ring substituents is 1. The van der Waals surface area contributed by atoms with Gasteiger partial charge in [-0.1, -0.05) is 36.4 Å². The first kappa shape index (κ1) is 20.8. The van der Waals surface area contributed by atoms with Gasteiger partial charge in [-0.15, -0.1) is 0 Å². The van der Waals surface area contributed by atoms with Crippen LogP contribution in [-0.4, -0.2) is 35.4 Å². The maximum Gasteiger partial charge on any atom is 0.269 e. The minimum Gasteiger partial charge on any atom is -0.357 e. The van der Waals surface area contributed by atoms with Crippen molar-refractivity contribution in [2.75, 3.05) is 19.6 Å². The van der Waals surface area contributed by atoms with Crippen molar-refractivity contribution in [1.29, 1.82) is 0 Å². The van der Waals surface area contributed by atoms with E-state index in [2.05, 4.69) is 44.8 Å². The lowest BCUT2D eigenvalue weighted by Crippen LogP contribution is -2.36. The molecule has 2 N–H and O–H groups in total. The van der Waals surface area contributed by atoms with Crippen LogP contribution in [-0.2, 0) is 19.6 Å². The van der Waals surface area contributed by atoms with Crippen LogP contribution in [0.15, 0.2) is 53.5 Å². The fourth-order valence-corrected chi connectivity index (χ4v) is 3.38. The number of nitro groups is 1. The number of nitrogens with zero attached hydrogens (tertiary/aromatic N) is 3. The fourth-order valence-electron chi connectivity index (χ4n) is 3.38. The molecule has 154 valence electrons. The molecule has 7 nitrogen and oxygen atoms in total. The van der Waals surface area contributed by atoms with E-state index in [1.165, 1.54) is 49.2 Å². The van der Waals surface area contributed by atoms with E-state index in [0.29, 0.717) is 13.1 Å². The zero-order valence-corrected chi connectivity index (χ0v) is 16.9. The van der Waals surface area contributed by atoms with E-state index in [1.807, 2.05) is 6.92 Å². The van der Waals surface area contributed by atoms with Crippen LogP contribution in [0.25, 0.3) is 0 Å². The van der Waals surface area contributed by atoms with Crippen molar-refractivity contribution in [1.82, 2.24) is 15.5 Å². The summed E-state index contributed by atoms with van der Waals surface area (Å²) >= 11 is 0. The van der Waals surface area contributed by atoms with Gasteiger partial charge in [0.1, 0.15) is 0 Å². The number of nitrogens with one attached hydrogen (secondary N) is 2. The van der Waals surface area contributed by atoms with E-state index < -0.39 is 0 Å². The van der Waals surface area contributed by atoms with Crippen LogP contribution in [0.5, 0.6) is 0 Å². The molecule has 1 heterocycles. The molecule has 0 saturated carbocycles. The highest BCUT2D eigenvalue weighted by atomic mass is 16.6. The Bertz CT molecular complexity index is 812. The predicted molar refractivity (Wildman–Crippen MR) is 116 cm³/mol. The summed E-state index contributed by atoms with van der Waals surface area (Å²) in [5, 5.41) is 17.3. The highest BCUT2D eigenvalue weighted by Crippen LogP contribution is 2.14. The first-order valence-electron chi connectivity index (χ1n) is 10.2. The van der Waals surface area contributed by atoms with E-state index >= 15 is 0 Å². The number of non-ortho nitro benzene ring substituents is 1. The number of rotatable bonds is 8. The van der Waals surface area contributed by atoms with Gasteiger partial charge >= 0.3 is 0 Å². The molecule has 0 radical (unpaired) electrons. The Morgan fingerprint density at radius 2 is 1.62 bits per heavy atom. The highest BCUT2D eigenvalue weighted by Gasteiger charge is 2.11. The molecular formula is C22H29N5O2. The smallest absolute Gasteiger partial charge is 0.269 e. The molecule has 1 saturated heterocycles. The second-order valence-corrected chi connectivity index (χ2v) is 7.27. The molecule has 29 heavy (non-hydrogen) atoms. The van der Waals surface area contributed by atoms with Gasteiger partial charge in [0.2, 0.25) is 0 Å². The maximum absolute atomic E-state index is 10.7. The molecule has 1 aliphatic heterocycles. The molecule has 7 heteroatoms. The lowest BCUT2D eigenvalue weighted by molar-refractivity contribution is -0.384. The summed E-state index contributed by atoms with van der Waals surface area (Å²) in [5.41, 5.74) is 3.58. The van der Waals surface area contributed by atoms with E-state index in [4.69, 9.17) is 0 Å². The van der Waals surface area contributed by atoms with Crippen molar-refractivity contribution in [2.45, 2.75) is 39.4 Å². The standard InChI is InChI=1S/C22H29N5O2/c1-2-23-22(25-16-19-9-11-21(12-10-19)27(28)29)24-15-18-5-7-20(8-6-18)17-26-13-3-4-14-26/h5-12H,2-4,13-17H2,1H3,(H2,23,24,25). The third-order valence-electron chi connectivity index (χ3n) is 5.00. The molecule has 0 spiro atoms. The minimum atomic E-state index is -0.390. The fraction of sp³-hybridized carbons (Fsp3) is 0.409. The predicted octanol–water partition coefficient (Wildman–Crippen LogP) is 3.45. The Morgan fingerprint density at radius 3 is 2.24 bits per heavy atom. The van der Waals surface area contributed by atoms with Crippen molar-refractivity contribution in [3.05, 3.63) is 75.3 Å². The van der Waals surface area contributed by atoms with Crippen LogP contribution in [0.2, 0.25) is 0 Å². The number of hydrogen-bond donors (Lipinski definition) is 2. The van der Waals surface area contributed by atoms with Gasteiger partial charge in [-0.3, -0.25) is 15.0 Å². The number of aliphatic imine (C=N–C) groups is 1. The Balaban J connectivity index is 1.53. The van der Waals surface area contributed by atoms with Crippen molar-refractivity contribution in [3.63, 3.8) is 0 Å². The van der Waals surface area contributed by atoms with Gasteiger partial charge in [-0.05, 0) is 49.5 Å². The quantitative estimate of drug-likeness (QED) is 0.310. The van der Waals surface area contributed by atoms with E-state index in [-0.39, 0.29) is 10.6 Å². The number of likely N-dealkylation sites (tertiary alicyclic amines) is 1. The second kappa shape index (κ2) is 10.6. The SMILES string of the molecule is CCNC(=NCc1ccc(CN2CCCC2)cc1)NCc1ccc([N+](=O)[O-])cc1. The first-order chi connectivity index (χ1) is 14.1. The second-order valence-electron chi connectivity index (χ2n) is 7.27. The molecule has 3 rings (SSSR count). The largest absolute Gasteiger partial charge is 0.357 e. The van der Waals surface area contributed by atoms with Crippen molar-refractivity contribution < 1.29 is 4.92 Å². The van der Waals surface area contributed by atoms with Crippen LogP contribution >= 0.6 is 0 Å². The van der Waals surface area contributed by atoms with Gasteiger partial charge in [-0.2, -0.15) is 0 Å². The van der Waals surface area contributed by atoms with E-state index in [1.54, 1.807) is 12.1 Å².